The Bertz CT molecular complexity index is 1690. The van der Waals surface area contributed by atoms with Gasteiger partial charge in [0, 0.05) is 16.0 Å². The van der Waals surface area contributed by atoms with Crippen LogP contribution in [0.15, 0.2) is 78.9 Å². The summed E-state index contributed by atoms with van der Waals surface area (Å²) in [7, 11) is 0. The number of fused-ring (bicyclic) bond motifs is 2. The van der Waals surface area contributed by atoms with Crippen LogP contribution in [-0.4, -0.2) is 9.78 Å². The number of halogens is 5. The zero-order valence-electron chi connectivity index (χ0n) is 20.7. The fourth-order valence-corrected chi connectivity index (χ4v) is 5.45. The van der Waals surface area contributed by atoms with Crippen LogP contribution in [0.3, 0.4) is 0 Å². The number of rotatable bonds is 5. The molecule has 0 atom stereocenters. The van der Waals surface area contributed by atoms with Gasteiger partial charge in [-0.1, -0.05) is 48.0 Å². The summed E-state index contributed by atoms with van der Waals surface area (Å²) in [5.74, 6) is 0.764. The van der Waals surface area contributed by atoms with Crippen molar-refractivity contribution in [3.05, 3.63) is 112 Å². The summed E-state index contributed by atoms with van der Waals surface area (Å²) in [6.45, 7) is 0.0519. The van der Waals surface area contributed by atoms with Gasteiger partial charge in [-0.15, -0.1) is 0 Å². The van der Waals surface area contributed by atoms with E-state index >= 15 is 0 Å². The van der Waals surface area contributed by atoms with Crippen LogP contribution < -0.4 is 4.74 Å². The van der Waals surface area contributed by atoms with Gasteiger partial charge in [0.1, 0.15) is 22.8 Å². The Kier molecular flexibility index (Phi) is 6.55. The highest BCUT2D eigenvalue weighted by Crippen LogP contribution is 2.39. The monoisotopic (exact) mass is 550 g/mol. The summed E-state index contributed by atoms with van der Waals surface area (Å²) in [5.41, 5.74) is 3.28. The van der Waals surface area contributed by atoms with Gasteiger partial charge < -0.3 is 4.74 Å². The first-order valence-corrected chi connectivity index (χ1v) is 13.0. The Morgan fingerprint density at radius 3 is 2.41 bits per heavy atom. The van der Waals surface area contributed by atoms with Gasteiger partial charge in [0.2, 0.25) is 0 Å². The molecule has 39 heavy (non-hydrogen) atoms. The second-order valence-corrected chi connectivity index (χ2v) is 10.1. The van der Waals surface area contributed by atoms with Crippen molar-refractivity contribution in [1.82, 2.24) is 9.78 Å². The van der Waals surface area contributed by atoms with Crippen molar-refractivity contribution in [3.63, 3.8) is 0 Å². The zero-order valence-corrected chi connectivity index (χ0v) is 21.5. The molecule has 1 aromatic heterocycles. The number of ether oxygens (including phenoxy) is 1. The second kappa shape index (κ2) is 10.0. The van der Waals surface area contributed by atoms with Crippen LogP contribution in [0.25, 0.3) is 22.2 Å². The number of aryl methyl sites for hydroxylation is 2. The first-order chi connectivity index (χ1) is 18.8. The minimum Gasteiger partial charge on any atom is -0.457 e. The van der Waals surface area contributed by atoms with E-state index in [1.807, 2.05) is 12.1 Å². The van der Waals surface area contributed by atoms with Crippen LogP contribution in [0.4, 0.5) is 17.6 Å². The van der Waals surface area contributed by atoms with E-state index in [1.165, 1.54) is 46.5 Å². The molecule has 1 aliphatic rings. The summed E-state index contributed by atoms with van der Waals surface area (Å²) < 4.78 is 63.0. The fourth-order valence-electron chi connectivity index (χ4n) is 5.23. The molecule has 3 nitrogen and oxygen atoms in total. The molecule has 0 spiro atoms. The van der Waals surface area contributed by atoms with Crippen molar-refractivity contribution in [2.75, 3.05) is 0 Å². The Morgan fingerprint density at radius 2 is 1.62 bits per heavy atom. The Balaban J connectivity index is 1.44. The summed E-state index contributed by atoms with van der Waals surface area (Å²) in [6.07, 6.45) is -0.149. The van der Waals surface area contributed by atoms with Crippen molar-refractivity contribution < 1.29 is 22.3 Å². The Hall–Kier alpha value is -3.84. The molecular formula is C31H23ClF4N2O. The SMILES string of the molecule is Fc1ccc(Cn2nc3c(C(F)(F)F)cccc3c2-c2cccc(Oc3ccc4c(c3)CCCC4)c2)c(Cl)c1. The smallest absolute Gasteiger partial charge is 0.418 e. The van der Waals surface area contributed by atoms with Gasteiger partial charge in [-0.25, -0.2) is 4.39 Å². The van der Waals surface area contributed by atoms with Crippen molar-refractivity contribution in [2.45, 2.75) is 38.4 Å². The third kappa shape index (κ3) is 5.11. The number of alkyl halides is 3. The lowest BCUT2D eigenvalue weighted by Gasteiger charge is -2.17. The summed E-state index contributed by atoms with van der Waals surface area (Å²) in [4.78, 5) is 0. The highest BCUT2D eigenvalue weighted by molar-refractivity contribution is 6.31. The molecule has 0 aliphatic heterocycles. The summed E-state index contributed by atoms with van der Waals surface area (Å²) in [6, 6.07) is 21.3. The highest BCUT2D eigenvalue weighted by atomic mass is 35.5. The Morgan fingerprint density at radius 1 is 0.846 bits per heavy atom. The molecule has 4 aromatic carbocycles. The van der Waals surface area contributed by atoms with Crippen LogP contribution in [0.5, 0.6) is 11.5 Å². The fraction of sp³-hybridized carbons (Fsp3) is 0.194. The van der Waals surface area contributed by atoms with Crippen LogP contribution >= 0.6 is 11.6 Å². The normalized spacial score (nSPS) is 13.5. The van der Waals surface area contributed by atoms with E-state index in [-0.39, 0.29) is 17.1 Å². The molecule has 0 fully saturated rings. The summed E-state index contributed by atoms with van der Waals surface area (Å²) in [5, 5.41) is 4.89. The molecule has 0 bridgehead atoms. The topological polar surface area (TPSA) is 27.1 Å². The van der Waals surface area contributed by atoms with Crippen LogP contribution in [0.1, 0.15) is 35.1 Å². The molecule has 0 saturated heterocycles. The molecule has 0 saturated carbocycles. The third-order valence-corrected chi connectivity index (χ3v) is 7.43. The van der Waals surface area contributed by atoms with Crippen molar-refractivity contribution in [2.24, 2.45) is 0 Å². The molecule has 0 radical (unpaired) electrons. The predicted octanol–water partition coefficient (Wildman–Crippen LogP) is 9.23. The van der Waals surface area contributed by atoms with E-state index in [1.54, 1.807) is 24.3 Å². The molecule has 1 heterocycles. The average Bonchev–Trinajstić information content (AvgIpc) is 3.28. The van der Waals surface area contributed by atoms with E-state index in [9.17, 15) is 17.6 Å². The van der Waals surface area contributed by atoms with E-state index in [0.717, 1.165) is 25.3 Å². The lowest BCUT2D eigenvalue weighted by Crippen LogP contribution is -2.07. The second-order valence-electron chi connectivity index (χ2n) is 9.71. The maximum absolute atomic E-state index is 13.9. The molecular weight excluding hydrogens is 528 g/mol. The first-order valence-electron chi connectivity index (χ1n) is 12.7. The van der Waals surface area contributed by atoms with Crippen LogP contribution in [-0.2, 0) is 25.6 Å². The van der Waals surface area contributed by atoms with E-state index < -0.39 is 17.6 Å². The predicted molar refractivity (Wildman–Crippen MR) is 144 cm³/mol. The minimum atomic E-state index is -4.58. The van der Waals surface area contributed by atoms with Gasteiger partial charge >= 0.3 is 6.18 Å². The number of hydrogen-bond donors (Lipinski definition) is 0. The van der Waals surface area contributed by atoms with Gasteiger partial charge in [-0.05, 0) is 84.8 Å². The van der Waals surface area contributed by atoms with Gasteiger partial charge in [0.25, 0.3) is 0 Å². The van der Waals surface area contributed by atoms with Crippen LogP contribution in [0.2, 0.25) is 5.02 Å². The first kappa shape index (κ1) is 25.4. The quantitative estimate of drug-likeness (QED) is 0.204. The molecule has 5 aromatic rings. The molecule has 1 aliphatic carbocycles. The van der Waals surface area contributed by atoms with Gasteiger partial charge in [0.15, 0.2) is 0 Å². The lowest BCUT2D eigenvalue weighted by atomic mass is 9.92. The number of aromatic nitrogens is 2. The van der Waals surface area contributed by atoms with E-state index in [2.05, 4.69) is 17.2 Å². The lowest BCUT2D eigenvalue weighted by molar-refractivity contribution is -0.136. The summed E-state index contributed by atoms with van der Waals surface area (Å²) >= 11 is 6.27. The maximum Gasteiger partial charge on any atom is 0.418 e. The van der Waals surface area contributed by atoms with E-state index in [0.29, 0.717) is 33.7 Å². The van der Waals surface area contributed by atoms with E-state index in [4.69, 9.17) is 16.3 Å². The highest BCUT2D eigenvalue weighted by Gasteiger charge is 2.34. The standard InChI is InChI=1S/C31H23ClF4N2O/c32-28-17-23(33)13-11-22(28)18-38-30(26-9-4-10-27(29(26)37-38)31(34,35)36)21-7-3-8-24(16-21)39-25-14-12-19-5-1-2-6-20(19)15-25/h3-4,7-17H,1-2,5-6,18H2. The Labute approximate surface area is 227 Å². The molecule has 8 heteroatoms. The number of benzene rings is 4. The number of hydrogen-bond acceptors (Lipinski definition) is 2. The van der Waals surface area contributed by atoms with Crippen LogP contribution in [0, 0.1) is 5.82 Å². The van der Waals surface area contributed by atoms with Crippen molar-refractivity contribution in [1.29, 1.82) is 0 Å². The van der Waals surface area contributed by atoms with Gasteiger partial charge in [-0.2, -0.15) is 18.3 Å². The van der Waals surface area contributed by atoms with Crippen molar-refractivity contribution >= 4 is 22.5 Å². The third-order valence-electron chi connectivity index (χ3n) is 7.07. The molecule has 0 N–H and O–H groups in total. The maximum atomic E-state index is 13.9. The molecule has 0 unspecified atom stereocenters. The zero-order chi connectivity index (χ0) is 27.1. The van der Waals surface area contributed by atoms with Gasteiger partial charge in [-0.3, -0.25) is 4.68 Å². The molecule has 6 rings (SSSR count). The van der Waals surface area contributed by atoms with Gasteiger partial charge in [0.05, 0.1) is 17.8 Å². The minimum absolute atomic E-state index is 0.0519. The largest absolute Gasteiger partial charge is 0.457 e. The van der Waals surface area contributed by atoms with Crippen molar-refractivity contribution in [3.8, 4) is 22.8 Å². The molecule has 198 valence electrons. The number of nitrogens with zero attached hydrogens (tertiary/aromatic N) is 2. The molecule has 0 amide bonds. The average molecular weight is 551 g/mol.